The number of rotatable bonds is 2. The molecule has 1 aromatic carbocycles. The summed E-state index contributed by atoms with van der Waals surface area (Å²) in [5.74, 6) is 0. The third-order valence-corrected chi connectivity index (χ3v) is 2.74. The molecule has 1 atom stereocenters. The van der Waals surface area contributed by atoms with Crippen LogP contribution in [0.25, 0.3) is 0 Å². The van der Waals surface area contributed by atoms with Crippen molar-refractivity contribution in [3.05, 3.63) is 23.2 Å². The molecule has 15 heavy (non-hydrogen) atoms. The monoisotopic (exact) mass is 255 g/mol. The van der Waals surface area contributed by atoms with Gasteiger partial charge in [0, 0.05) is 11.8 Å². The second-order valence-corrected chi connectivity index (χ2v) is 4.14. The van der Waals surface area contributed by atoms with E-state index in [9.17, 15) is 14.0 Å². The maximum atomic E-state index is 13.0. The van der Waals surface area contributed by atoms with Gasteiger partial charge in [-0.25, -0.2) is 0 Å². The Morgan fingerprint density at radius 2 is 2.07 bits per heavy atom. The van der Waals surface area contributed by atoms with E-state index in [1.807, 2.05) is 0 Å². The molecule has 3 N–H and O–H groups in total. The molecule has 1 aromatic rings. The van der Waals surface area contributed by atoms with Gasteiger partial charge in [-0.15, -0.1) is 8.78 Å². The fourth-order valence-corrected chi connectivity index (χ4v) is 1.44. The van der Waals surface area contributed by atoms with E-state index in [2.05, 4.69) is 12.8 Å². The van der Waals surface area contributed by atoms with Gasteiger partial charge < -0.3 is 5.73 Å². The van der Waals surface area contributed by atoms with Gasteiger partial charge in [0.05, 0.1) is 6.92 Å². The minimum atomic E-state index is -3.50. The summed E-state index contributed by atoms with van der Waals surface area (Å²) in [6.45, 7) is 0.527. The van der Waals surface area contributed by atoms with E-state index in [4.69, 9.17) is 17.3 Å². The summed E-state index contributed by atoms with van der Waals surface area (Å²) in [4.78, 5) is 0. The summed E-state index contributed by atoms with van der Waals surface area (Å²) in [7, 11) is 0. The third kappa shape index (κ3) is 2.34. The predicted octanol–water partition coefficient (Wildman–Crippen LogP) is 3.08. The van der Waals surface area contributed by atoms with Crippen molar-refractivity contribution in [1.82, 2.24) is 4.05 Å². The van der Waals surface area contributed by atoms with Crippen LogP contribution in [-0.4, -0.2) is 11.3 Å². The molecule has 0 bridgehead atoms. The molecule has 0 radical (unpaired) electrons. The van der Waals surface area contributed by atoms with Gasteiger partial charge in [0.25, 0.3) is 0 Å². The molecule has 3 nitrogen and oxygen atoms in total. The average Bonchev–Trinajstić information content (AvgIpc) is 2.07. The Morgan fingerprint density at radius 1 is 1.53 bits per heavy atom. The fraction of sp³-hybridized carbons (Fsp3) is 0.250. The van der Waals surface area contributed by atoms with E-state index < -0.39 is 10.1 Å². The number of nitrogen functional groups attached to an aromatic ring is 1. The Labute approximate surface area is 96.1 Å². The summed E-state index contributed by atoms with van der Waals surface area (Å²) in [5.41, 5.74) is 5.35. The molecule has 0 saturated carbocycles. The van der Waals surface area contributed by atoms with Crippen LogP contribution in [0.5, 0.6) is 0 Å². The van der Waals surface area contributed by atoms with Crippen LogP contribution in [-0.2, 0) is 0 Å². The van der Waals surface area contributed by atoms with Crippen LogP contribution in [0.4, 0.5) is 20.2 Å². The zero-order valence-electron chi connectivity index (χ0n) is 7.78. The first kappa shape index (κ1) is 12.5. The van der Waals surface area contributed by atoms with E-state index in [0.717, 1.165) is 6.07 Å². The van der Waals surface area contributed by atoms with E-state index >= 15 is 0 Å². The zero-order chi connectivity index (χ0) is 11.9. The largest absolute Gasteiger partial charge is 0.432 e. The zero-order valence-corrected chi connectivity index (χ0v) is 9.44. The normalized spacial score (nSPS) is 16.1. The highest BCUT2D eigenvalue weighted by atomic mass is 35.5. The summed E-state index contributed by atoms with van der Waals surface area (Å²) < 4.78 is 24.2. The molecule has 0 heterocycles. The van der Waals surface area contributed by atoms with Crippen molar-refractivity contribution in [2.75, 3.05) is 5.73 Å². The Hall–Kier alpha value is -0.560. The summed E-state index contributed by atoms with van der Waals surface area (Å²) in [6.07, 6.45) is 0. The van der Waals surface area contributed by atoms with Crippen LogP contribution < -0.4 is 9.79 Å². The number of alkyl halides is 2. The van der Waals surface area contributed by atoms with Crippen LogP contribution in [0.15, 0.2) is 18.2 Å². The van der Waals surface area contributed by atoms with E-state index in [0.29, 0.717) is 6.92 Å². The molecule has 0 amide bonds. The summed E-state index contributed by atoms with van der Waals surface area (Å²) >= 11 is 9.15. The number of thiol groups is 1. The molecule has 0 fully saturated rings. The smallest absolute Gasteiger partial charge is 0.399 e. The second-order valence-electron chi connectivity index (χ2n) is 3.15. The van der Waals surface area contributed by atoms with Crippen LogP contribution in [0.2, 0.25) is 5.02 Å². The molecule has 7 heteroatoms. The van der Waals surface area contributed by atoms with E-state index in [-0.39, 0.29) is 16.4 Å². The first-order valence-corrected chi connectivity index (χ1v) is 4.72. The van der Waals surface area contributed by atoms with Crippen molar-refractivity contribution in [2.24, 2.45) is 0 Å². The Morgan fingerprint density at radius 3 is 2.53 bits per heavy atom. The number of hydrogen-bond acceptors (Lipinski definition) is 3. The Kier molecular flexibility index (Phi) is 3.16. The lowest BCUT2D eigenvalue weighted by molar-refractivity contribution is -0.199. The van der Waals surface area contributed by atoms with Gasteiger partial charge in [0.2, 0.25) is 5.69 Å². The van der Waals surface area contributed by atoms with Crippen molar-refractivity contribution in [2.45, 2.75) is 13.0 Å². The molecule has 0 saturated heterocycles. The minimum absolute atomic E-state index is 0.0387. The highest BCUT2D eigenvalue weighted by Crippen LogP contribution is 2.41. The number of anilines is 1. The number of halogens is 3. The van der Waals surface area contributed by atoms with Crippen LogP contribution in [0.3, 0.4) is 0 Å². The topological polar surface area (TPSA) is 46.2 Å². The number of nitrogens with two attached hydrogens (primary N) is 1. The summed E-state index contributed by atoms with van der Waals surface area (Å²) in [6, 6.07) is 0.401. The van der Waals surface area contributed by atoms with Crippen molar-refractivity contribution in [3.8, 4) is 0 Å². The molecule has 0 aliphatic rings. The average molecular weight is 256 g/mol. The van der Waals surface area contributed by atoms with Gasteiger partial charge in [-0.3, -0.25) is 0 Å². The number of quaternary nitrogens is 1. The molecule has 0 spiro atoms. The molecule has 84 valence electrons. The molecule has 1 rings (SSSR count). The Bertz CT molecular complexity index is 381. The van der Waals surface area contributed by atoms with Crippen LogP contribution in [0.1, 0.15) is 6.92 Å². The van der Waals surface area contributed by atoms with E-state index in [1.165, 1.54) is 12.1 Å². The second kappa shape index (κ2) is 3.79. The Balaban J connectivity index is 3.32. The molecule has 0 aliphatic carbocycles. The molecule has 0 aliphatic heterocycles. The van der Waals surface area contributed by atoms with Crippen LogP contribution >= 0.6 is 24.4 Å². The quantitative estimate of drug-likeness (QED) is 0.250. The highest BCUT2D eigenvalue weighted by Gasteiger charge is 2.51. The fourth-order valence-electron chi connectivity index (χ4n) is 0.980. The number of nitrogens with zero attached hydrogens (tertiary/aromatic N) is 1. The van der Waals surface area contributed by atoms with Crippen molar-refractivity contribution in [3.63, 3.8) is 0 Å². The van der Waals surface area contributed by atoms with Gasteiger partial charge in [0.15, 0.2) is 0 Å². The first-order valence-electron chi connectivity index (χ1n) is 3.94. The van der Waals surface area contributed by atoms with Gasteiger partial charge in [-0.05, 0) is 16.2 Å². The number of hydroxylamine groups is 1. The standard InChI is InChI=1S/C8H10ClF2N2OS/c1-8(10,11)13(14,15)7-4-5(12)2-3-6(7)9/h2-4,14-15H,12H2,1H3/q+1. The lowest BCUT2D eigenvalue weighted by Crippen LogP contribution is -2.49. The van der Waals surface area contributed by atoms with E-state index in [1.54, 1.807) is 0 Å². The predicted molar refractivity (Wildman–Crippen MR) is 59.1 cm³/mol. The van der Waals surface area contributed by atoms with Gasteiger partial charge >= 0.3 is 6.05 Å². The first-order chi connectivity index (χ1) is 6.66. The minimum Gasteiger partial charge on any atom is -0.399 e. The SMILES string of the molecule is CC(F)(F)[N+](O)(S)c1cc(N)ccc1Cl. The molecular formula is C8H10ClF2N2OS+. The maximum absolute atomic E-state index is 13.0. The lowest BCUT2D eigenvalue weighted by Gasteiger charge is -2.28. The van der Waals surface area contributed by atoms with Crippen molar-refractivity contribution in [1.29, 1.82) is 0 Å². The molecular weight excluding hydrogens is 246 g/mol. The number of benzene rings is 1. The number of hydrogen-bond donors (Lipinski definition) is 3. The maximum Gasteiger partial charge on any atom is 0.432 e. The molecule has 0 aromatic heterocycles. The third-order valence-electron chi connectivity index (χ3n) is 1.85. The van der Waals surface area contributed by atoms with Crippen molar-refractivity contribution < 1.29 is 14.0 Å². The summed E-state index contributed by atoms with van der Waals surface area (Å²) in [5, 5.41) is 9.50. The van der Waals surface area contributed by atoms with Crippen LogP contribution in [0, 0.1) is 0 Å². The highest BCUT2D eigenvalue weighted by molar-refractivity contribution is 7.79. The van der Waals surface area contributed by atoms with Gasteiger partial charge in [0.1, 0.15) is 17.8 Å². The van der Waals surface area contributed by atoms with Gasteiger partial charge in [-0.2, -0.15) is 5.21 Å². The van der Waals surface area contributed by atoms with Gasteiger partial charge in [-0.1, -0.05) is 11.6 Å². The lowest BCUT2D eigenvalue weighted by atomic mass is 10.2. The van der Waals surface area contributed by atoms with Crippen molar-refractivity contribution >= 4 is 35.8 Å². The molecule has 1 unspecified atom stereocenters.